The Hall–Kier alpha value is -2.07. The summed E-state index contributed by atoms with van der Waals surface area (Å²) in [6.07, 6.45) is 2.13. The van der Waals surface area contributed by atoms with Gasteiger partial charge in [0.25, 0.3) is 0 Å². The number of imidazole rings is 1. The minimum Gasteiger partial charge on any atom is -0.350 e. The van der Waals surface area contributed by atoms with Gasteiger partial charge < -0.3 is 14.9 Å². The van der Waals surface area contributed by atoms with Crippen molar-refractivity contribution >= 4 is 10.9 Å². The highest BCUT2D eigenvalue weighted by molar-refractivity contribution is 5.95. The molecule has 3 rings (SSSR count). The molecular weight excluding hydrogens is 236 g/mol. The highest BCUT2D eigenvalue weighted by Gasteiger charge is 2.16. The lowest BCUT2D eigenvalue weighted by Crippen LogP contribution is -2.05. The van der Waals surface area contributed by atoms with E-state index in [4.69, 9.17) is 5.73 Å². The lowest BCUT2D eigenvalue weighted by Gasteiger charge is -2.02. The van der Waals surface area contributed by atoms with Gasteiger partial charge in [-0.25, -0.2) is 4.98 Å². The summed E-state index contributed by atoms with van der Waals surface area (Å²) in [6, 6.07) is 8.37. The highest BCUT2D eigenvalue weighted by atomic mass is 15.1. The van der Waals surface area contributed by atoms with Crippen LogP contribution < -0.4 is 5.73 Å². The fourth-order valence-electron chi connectivity index (χ4n) is 2.64. The maximum Gasteiger partial charge on any atom is 0.106 e. The minimum atomic E-state index is 0.496. The van der Waals surface area contributed by atoms with Gasteiger partial charge in [0.05, 0.1) is 11.4 Å². The highest BCUT2D eigenvalue weighted by Crippen LogP contribution is 2.31. The first-order valence-electron chi connectivity index (χ1n) is 6.40. The van der Waals surface area contributed by atoms with Crippen LogP contribution in [0.5, 0.6) is 0 Å². The van der Waals surface area contributed by atoms with Gasteiger partial charge in [0, 0.05) is 43.3 Å². The Morgan fingerprint density at radius 2 is 1.95 bits per heavy atom. The maximum absolute atomic E-state index is 5.89. The van der Waals surface area contributed by atoms with E-state index in [9.17, 15) is 0 Å². The van der Waals surface area contributed by atoms with Crippen molar-refractivity contribution in [2.45, 2.75) is 13.5 Å². The summed E-state index contributed by atoms with van der Waals surface area (Å²) in [7, 11) is 4.07. The Bertz CT molecular complexity index is 749. The summed E-state index contributed by atoms with van der Waals surface area (Å²) in [5.41, 5.74) is 10.3. The molecule has 19 heavy (non-hydrogen) atoms. The Morgan fingerprint density at radius 3 is 2.68 bits per heavy atom. The molecule has 0 saturated heterocycles. The standard InChI is InChI=1S/C15H18N4/c1-10-17-15(14(8-16)19(10)3)12-9-18(2)13-7-5-4-6-11(12)13/h4-7,9H,8,16H2,1-3H3. The smallest absolute Gasteiger partial charge is 0.106 e. The molecule has 0 saturated carbocycles. The second kappa shape index (κ2) is 4.24. The maximum atomic E-state index is 5.89. The third-order valence-corrected chi connectivity index (χ3v) is 3.78. The Labute approximate surface area is 112 Å². The van der Waals surface area contributed by atoms with Gasteiger partial charge in [0.1, 0.15) is 5.82 Å². The second-order valence-electron chi connectivity index (χ2n) is 4.89. The summed E-state index contributed by atoms with van der Waals surface area (Å²) in [6.45, 7) is 2.50. The van der Waals surface area contributed by atoms with Crippen LogP contribution in [0.2, 0.25) is 0 Å². The van der Waals surface area contributed by atoms with Crippen LogP contribution in [0, 0.1) is 6.92 Å². The van der Waals surface area contributed by atoms with E-state index in [0.717, 1.165) is 22.8 Å². The molecule has 0 atom stereocenters. The molecule has 0 radical (unpaired) electrons. The van der Waals surface area contributed by atoms with Crippen LogP contribution in [0.25, 0.3) is 22.2 Å². The van der Waals surface area contributed by atoms with E-state index in [1.165, 1.54) is 10.9 Å². The molecule has 0 amide bonds. The van der Waals surface area contributed by atoms with Crippen molar-refractivity contribution in [1.82, 2.24) is 14.1 Å². The number of nitrogens with two attached hydrogens (primary N) is 1. The van der Waals surface area contributed by atoms with Gasteiger partial charge in [0.2, 0.25) is 0 Å². The number of hydrogen-bond donors (Lipinski definition) is 1. The van der Waals surface area contributed by atoms with Crippen LogP contribution in [0.3, 0.4) is 0 Å². The zero-order chi connectivity index (χ0) is 13.6. The van der Waals surface area contributed by atoms with Crippen molar-refractivity contribution in [3.05, 3.63) is 42.0 Å². The lowest BCUT2D eigenvalue weighted by molar-refractivity contribution is 0.789. The van der Waals surface area contributed by atoms with Crippen LogP contribution in [-0.2, 0) is 20.6 Å². The predicted molar refractivity (Wildman–Crippen MR) is 77.7 cm³/mol. The second-order valence-corrected chi connectivity index (χ2v) is 4.89. The molecule has 0 aliphatic rings. The molecular formula is C15H18N4. The van der Waals surface area contributed by atoms with Crippen LogP contribution in [0.15, 0.2) is 30.5 Å². The number of fused-ring (bicyclic) bond motifs is 1. The van der Waals surface area contributed by atoms with Gasteiger partial charge in [0.15, 0.2) is 0 Å². The van der Waals surface area contributed by atoms with Crippen molar-refractivity contribution in [2.75, 3.05) is 0 Å². The van der Waals surface area contributed by atoms with Gasteiger partial charge in [-0.3, -0.25) is 0 Å². The number of aryl methyl sites for hydroxylation is 2. The lowest BCUT2D eigenvalue weighted by atomic mass is 10.1. The van der Waals surface area contributed by atoms with E-state index in [2.05, 4.69) is 51.6 Å². The minimum absolute atomic E-state index is 0.496. The van der Waals surface area contributed by atoms with Crippen LogP contribution in [0.4, 0.5) is 0 Å². The van der Waals surface area contributed by atoms with Crippen molar-refractivity contribution in [3.8, 4) is 11.3 Å². The van der Waals surface area contributed by atoms with Gasteiger partial charge >= 0.3 is 0 Å². The molecule has 4 nitrogen and oxygen atoms in total. The van der Waals surface area contributed by atoms with E-state index in [0.29, 0.717) is 6.54 Å². The fraction of sp³-hybridized carbons (Fsp3) is 0.267. The molecule has 2 aromatic heterocycles. The Morgan fingerprint density at radius 1 is 1.21 bits per heavy atom. The largest absolute Gasteiger partial charge is 0.350 e. The summed E-state index contributed by atoms with van der Waals surface area (Å²) in [4.78, 5) is 4.68. The average molecular weight is 254 g/mol. The average Bonchev–Trinajstić information content (AvgIpc) is 2.89. The van der Waals surface area contributed by atoms with E-state index in [1.807, 2.05) is 14.0 Å². The summed E-state index contributed by atoms with van der Waals surface area (Å²) >= 11 is 0. The number of nitrogens with zero attached hydrogens (tertiary/aromatic N) is 3. The summed E-state index contributed by atoms with van der Waals surface area (Å²) < 4.78 is 4.20. The van der Waals surface area contributed by atoms with Crippen molar-refractivity contribution in [3.63, 3.8) is 0 Å². The number of rotatable bonds is 2. The van der Waals surface area contributed by atoms with Crippen LogP contribution in [0.1, 0.15) is 11.5 Å². The van der Waals surface area contributed by atoms with E-state index in [1.54, 1.807) is 0 Å². The molecule has 0 spiro atoms. The molecule has 0 aliphatic carbocycles. The number of aromatic nitrogens is 3. The number of benzene rings is 1. The molecule has 2 N–H and O–H groups in total. The first kappa shape index (κ1) is 12.0. The molecule has 0 fully saturated rings. The molecule has 98 valence electrons. The first-order valence-corrected chi connectivity index (χ1v) is 6.40. The van der Waals surface area contributed by atoms with Crippen molar-refractivity contribution in [1.29, 1.82) is 0 Å². The SMILES string of the molecule is Cc1nc(-c2cn(C)c3ccccc23)c(CN)n1C. The van der Waals surface area contributed by atoms with Gasteiger partial charge in [-0.1, -0.05) is 18.2 Å². The monoisotopic (exact) mass is 254 g/mol. The van der Waals surface area contributed by atoms with Gasteiger partial charge in [-0.15, -0.1) is 0 Å². The normalized spacial score (nSPS) is 11.4. The van der Waals surface area contributed by atoms with Crippen LogP contribution in [-0.4, -0.2) is 14.1 Å². The summed E-state index contributed by atoms with van der Waals surface area (Å²) in [5, 5.41) is 1.22. The van der Waals surface area contributed by atoms with Gasteiger partial charge in [-0.2, -0.15) is 0 Å². The van der Waals surface area contributed by atoms with E-state index >= 15 is 0 Å². The molecule has 0 unspecified atom stereocenters. The van der Waals surface area contributed by atoms with Gasteiger partial charge in [-0.05, 0) is 13.0 Å². The Balaban J connectivity index is 2.34. The van der Waals surface area contributed by atoms with Crippen molar-refractivity contribution in [2.24, 2.45) is 19.8 Å². The number of hydrogen-bond acceptors (Lipinski definition) is 2. The van der Waals surface area contributed by atoms with E-state index in [-0.39, 0.29) is 0 Å². The third kappa shape index (κ3) is 1.68. The number of para-hydroxylation sites is 1. The third-order valence-electron chi connectivity index (χ3n) is 3.78. The molecule has 0 aliphatic heterocycles. The predicted octanol–water partition coefficient (Wildman–Crippen LogP) is 2.35. The quantitative estimate of drug-likeness (QED) is 0.763. The molecule has 4 heteroatoms. The topological polar surface area (TPSA) is 48.8 Å². The fourth-order valence-corrected chi connectivity index (χ4v) is 2.64. The Kier molecular flexibility index (Phi) is 2.68. The molecule has 2 heterocycles. The van der Waals surface area contributed by atoms with E-state index < -0.39 is 0 Å². The molecule has 3 aromatic rings. The summed E-state index contributed by atoms with van der Waals surface area (Å²) in [5.74, 6) is 0.989. The molecule has 1 aromatic carbocycles. The zero-order valence-electron chi connectivity index (χ0n) is 11.5. The zero-order valence-corrected chi connectivity index (χ0v) is 11.5. The molecule has 0 bridgehead atoms. The first-order chi connectivity index (χ1) is 9.13. The van der Waals surface area contributed by atoms with Crippen LogP contribution >= 0.6 is 0 Å². The van der Waals surface area contributed by atoms with Crippen molar-refractivity contribution < 1.29 is 0 Å².